The van der Waals surface area contributed by atoms with Crippen LogP contribution in [0.4, 0.5) is 28.9 Å². The van der Waals surface area contributed by atoms with E-state index in [2.05, 4.69) is 5.32 Å². The van der Waals surface area contributed by atoms with E-state index in [0.717, 1.165) is 25.7 Å². The summed E-state index contributed by atoms with van der Waals surface area (Å²) in [6, 6.07) is 5.55. The van der Waals surface area contributed by atoms with Gasteiger partial charge in [0.1, 0.15) is 5.82 Å². The fraction of sp³-hybridized carbons (Fsp3) is 0.684. The highest BCUT2D eigenvalue weighted by atomic mass is 19.4. The van der Waals surface area contributed by atoms with Gasteiger partial charge in [-0.3, -0.25) is 0 Å². The van der Waals surface area contributed by atoms with Crippen molar-refractivity contribution in [1.82, 2.24) is 0 Å². The van der Waals surface area contributed by atoms with Crippen LogP contribution in [0, 0.1) is 17.2 Å². The van der Waals surface area contributed by atoms with Crippen molar-refractivity contribution in [2.45, 2.75) is 56.8 Å². The Bertz CT molecular complexity index is 653. The molecule has 1 spiro atoms. The number of halogens is 4. The summed E-state index contributed by atoms with van der Waals surface area (Å²) in [6.07, 6.45) is 0.213. The molecule has 7 heteroatoms. The molecule has 26 heavy (non-hydrogen) atoms. The number of rotatable bonds is 3. The Hall–Kier alpha value is -1.50. The summed E-state index contributed by atoms with van der Waals surface area (Å²) in [6.45, 7) is 0.615. The van der Waals surface area contributed by atoms with Gasteiger partial charge in [0, 0.05) is 30.9 Å². The summed E-state index contributed by atoms with van der Waals surface area (Å²) in [5, 5.41) is 3.26. The van der Waals surface area contributed by atoms with Crippen LogP contribution in [0.15, 0.2) is 18.2 Å². The van der Waals surface area contributed by atoms with Gasteiger partial charge in [0.05, 0.1) is 11.6 Å². The quantitative estimate of drug-likeness (QED) is 0.779. The number of alkyl halides is 3. The van der Waals surface area contributed by atoms with Crippen LogP contribution in [-0.4, -0.2) is 31.3 Å². The van der Waals surface area contributed by atoms with E-state index in [1.807, 2.05) is 4.90 Å². The molecular formula is C19H25F4N3. The molecule has 3 fully saturated rings. The fourth-order valence-corrected chi connectivity index (χ4v) is 4.98. The van der Waals surface area contributed by atoms with E-state index in [4.69, 9.17) is 5.73 Å². The van der Waals surface area contributed by atoms with Crippen LogP contribution in [0.3, 0.4) is 0 Å². The van der Waals surface area contributed by atoms with Crippen LogP contribution >= 0.6 is 0 Å². The Balaban J connectivity index is 1.32. The summed E-state index contributed by atoms with van der Waals surface area (Å²) in [5.74, 6) is -1.58. The Morgan fingerprint density at radius 1 is 1.08 bits per heavy atom. The average Bonchev–Trinajstić information content (AvgIpc) is 2.52. The molecule has 1 aromatic rings. The van der Waals surface area contributed by atoms with Gasteiger partial charge in [-0.1, -0.05) is 0 Å². The highest BCUT2D eigenvalue weighted by molar-refractivity contribution is 5.57. The predicted molar refractivity (Wildman–Crippen MR) is 93.7 cm³/mol. The minimum atomic E-state index is -4.13. The molecule has 144 valence electrons. The number of anilines is 2. The van der Waals surface area contributed by atoms with Crippen molar-refractivity contribution in [3.63, 3.8) is 0 Å². The van der Waals surface area contributed by atoms with Crippen LogP contribution in [0.25, 0.3) is 0 Å². The molecule has 1 aliphatic heterocycles. The van der Waals surface area contributed by atoms with Gasteiger partial charge in [0.2, 0.25) is 0 Å². The van der Waals surface area contributed by atoms with Gasteiger partial charge in [-0.2, -0.15) is 13.2 Å². The third-order valence-electron chi connectivity index (χ3n) is 6.38. The number of nitrogens with one attached hydrogen (secondary N) is 1. The van der Waals surface area contributed by atoms with Crippen molar-refractivity contribution in [2.75, 3.05) is 23.3 Å². The molecule has 0 aromatic heterocycles. The highest BCUT2D eigenvalue weighted by Gasteiger charge is 2.51. The maximum atomic E-state index is 14.5. The van der Waals surface area contributed by atoms with Crippen LogP contribution in [-0.2, 0) is 0 Å². The number of piperidine rings is 1. The van der Waals surface area contributed by atoms with Gasteiger partial charge in [0.25, 0.3) is 0 Å². The summed E-state index contributed by atoms with van der Waals surface area (Å²) in [5.41, 5.74) is 7.37. The van der Waals surface area contributed by atoms with E-state index in [1.54, 1.807) is 12.1 Å². The van der Waals surface area contributed by atoms with Gasteiger partial charge >= 0.3 is 6.18 Å². The molecule has 2 saturated carbocycles. The SMILES string of the molecule is NC1CC2(C1)CC(Nc1ccc(N3CCC(C(F)(F)F)CC3)cc1F)C2. The number of benzene rings is 1. The largest absolute Gasteiger partial charge is 0.391 e. The third kappa shape index (κ3) is 3.38. The van der Waals surface area contributed by atoms with E-state index >= 15 is 0 Å². The lowest BCUT2D eigenvalue weighted by Crippen LogP contribution is -2.57. The van der Waals surface area contributed by atoms with E-state index in [1.165, 1.54) is 6.07 Å². The lowest BCUT2D eigenvalue weighted by atomic mass is 9.52. The maximum absolute atomic E-state index is 14.5. The minimum absolute atomic E-state index is 0.0669. The van der Waals surface area contributed by atoms with Crippen molar-refractivity contribution in [3.8, 4) is 0 Å². The normalized spacial score (nSPS) is 32.3. The summed E-state index contributed by atoms with van der Waals surface area (Å²) in [7, 11) is 0. The molecule has 1 heterocycles. The first-order valence-electron chi connectivity index (χ1n) is 9.37. The van der Waals surface area contributed by atoms with Crippen LogP contribution < -0.4 is 16.0 Å². The first-order valence-corrected chi connectivity index (χ1v) is 9.37. The van der Waals surface area contributed by atoms with E-state index in [-0.39, 0.29) is 24.7 Å². The van der Waals surface area contributed by atoms with E-state index < -0.39 is 12.1 Å². The zero-order valence-corrected chi connectivity index (χ0v) is 14.7. The Kier molecular flexibility index (Phi) is 4.33. The van der Waals surface area contributed by atoms with Crippen molar-refractivity contribution >= 4 is 11.4 Å². The Morgan fingerprint density at radius 3 is 2.27 bits per heavy atom. The zero-order chi connectivity index (χ0) is 18.5. The highest BCUT2D eigenvalue weighted by Crippen LogP contribution is 2.56. The lowest BCUT2D eigenvalue weighted by Gasteiger charge is -2.57. The van der Waals surface area contributed by atoms with Gasteiger partial charge in [-0.15, -0.1) is 0 Å². The van der Waals surface area contributed by atoms with Crippen molar-refractivity contribution in [2.24, 2.45) is 17.1 Å². The molecule has 3 N–H and O–H groups in total. The smallest absolute Gasteiger partial charge is 0.380 e. The molecule has 2 aliphatic carbocycles. The molecule has 4 rings (SSSR count). The Morgan fingerprint density at radius 2 is 1.73 bits per heavy atom. The number of hydrogen-bond acceptors (Lipinski definition) is 3. The lowest BCUT2D eigenvalue weighted by molar-refractivity contribution is -0.179. The number of hydrogen-bond donors (Lipinski definition) is 2. The third-order valence-corrected chi connectivity index (χ3v) is 6.38. The molecule has 3 aliphatic rings. The molecule has 0 amide bonds. The molecule has 1 saturated heterocycles. The first kappa shape index (κ1) is 17.9. The molecule has 0 bridgehead atoms. The zero-order valence-electron chi connectivity index (χ0n) is 14.7. The Labute approximate surface area is 150 Å². The molecular weight excluding hydrogens is 346 g/mol. The van der Waals surface area contributed by atoms with Gasteiger partial charge < -0.3 is 16.0 Å². The molecule has 0 radical (unpaired) electrons. The predicted octanol–water partition coefficient (Wildman–Crippen LogP) is 4.29. The van der Waals surface area contributed by atoms with Gasteiger partial charge in [0.15, 0.2) is 0 Å². The van der Waals surface area contributed by atoms with Crippen LogP contribution in [0.2, 0.25) is 0 Å². The van der Waals surface area contributed by atoms with Gasteiger partial charge in [-0.05, 0) is 62.1 Å². The van der Waals surface area contributed by atoms with E-state index in [9.17, 15) is 17.6 Å². The monoisotopic (exact) mass is 371 g/mol. The van der Waals surface area contributed by atoms with Gasteiger partial charge in [-0.25, -0.2) is 4.39 Å². The molecule has 3 nitrogen and oxygen atoms in total. The number of nitrogens with zero attached hydrogens (tertiary/aromatic N) is 1. The topological polar surface area (TPSA) is 41.3 Å². The standard InChI is InChI=1S/C19H25F4N3/c20-16-7-15(26-5-3-12(4-6-26)19(21,22)23)1-2-17(16)25-14-10-18(11-14)8-13(24)9-18/h1-2,7,12-14,25H,3-6,8-11,24H2. The van der Waals surface area contributed by atoms with E-state index in [0.29, 0.717) is 35.9 Å². The molecule has 0 unspecified atom stereocenters. The maximum Gasteiger partial charge on any atom is 0.391 e. The molecule has 0 atom stereocenters. The van der Waals surface area contributed by atoms with Crippen molar-refractivity contribution < 1.29 is 17.6 Å². The van der Waals surface area contributed by atoms with Crippen molar-refractivity contribution in [1.29, 1.82) is 0 Å². The minimum Gasteiger partial charge on any atom is -0.380 e. The fourth-order valence-electron chi connectivity index (χ4n) is 4.98. The number of nitrogens with two attached hydrogens (primary N) is 1. The summed E-state index contributed by atoms with van der Waals surface area (Å²) >= 11 is 0. The second kappa shape index (κ2) is 6.29. The first-order chi connectivity index (χ1) is 12.2. The second-order valence-corrected chi connectivity index (χ2v) is 8.38. The summed E-state index contributed by atoms with van der Waals surface area (Å²) < 4.78 is 52.7. The second-order valence-electron chi connectivity index (χ2n) is 8.38. The average molecular weight is 371 g/mol. The van der Waals surface area contributed by atoms with Crippen molar-refractivity contribution in [3.05, 3.63) is 24.0 Å². The van der Waals surface area contributed by atoms with Crippen LogP contribution in [0.5, 0.6) is 0 Å². The summed E-state index contributed by atoms with van der Waals surface area (Å²) in [4.78, 5) is 1.84. The van der Waals surface area contributed by atoms with Crippen LogP contribution in [0.1, 0.15) is 38.5 Å². The molecule has 1 aromatic carbocycles.